The first-order valence-corrected chi connectivity index (χ1v) is 8.85. The molecule has 0 fully saturated rings. The van der Waals surface area contributed by atoms with Crippen LogP contribution in [0.4, 0.5) is 10.8 Å². The summed E-state index contributed by atoms with van der Waals surface area (Å²) in [7, 11) is 0. The number of anilines is 2. The topological polar surface area (TPSA) is 24.9 Å². The highest BCUT2D eigenvalue weighted by Gasteiger charge is 2.12. The van der Waals surface area contributed by atoms with Gasteiger partial charge in [-0.25, -0.2) is 4.98 Å². The number of nitrogens with zero attached hydrogens (tertiary/aromatic N) is 1. The molecule has 0 aliphatic rings. The fourth-order valence-electron chi connectivity index (χ4n) is 1.94. The predicted molar refractivity (Wildman–Crippen MR) is 99.7 cm³/mol. The Balaban J connectivity index is 1.90. The first-order chi connectivity index (χ1) is 10.5. The van der Waals surface area contributed by atoms with Gasteiger partial charge in [0.25, 0.3) is 0 Å². The van der Waals surface area contributed by atoms with Gasteiger partial charge < -0.3 is 5.32 Å². The van der Waals surface area contributed by atoms with Crippen LogP contribution in [0, 0.1) is 6.92 Å². The first-order valence-electron chi connectivity index (χ1n) is 6.48. The van der Waals surface area contributed by atoms with Crippen LogP contribution in [0.2, 0.25) is 10.0 Å². The van der Waals surface area contributed by atoms with Gasteiger partial charge in [-0.3, -0.25) is 0 Å². The Bertz CT molecular complexity index is 816. The third kappa shape index (κ3) is 3.46. The number of benzene rings is 2. The molecule has 2 nitrogen and oxygen atoms in total. The van der Waals surface area contributed by atoms with Crippen LogP contribution >= 0.6 is 50.5 Å². The summed E-state index contributed by atoms with van der Waals surface area (Å²) in [5.41, 5.74) is 4.00. The van der Waals surface area contributed by atoms with Crippen molar-refractivity contribution in [2.75, 3.05) is 5.32 Å². The van der Waals surface area contributed by atoms with E-state index in [2.05, 4.69) is 45.3 Å². The van der Waals surface area contributed by atoms with E-state index >= 15 is 0 Å². The molecule has 0 bridgehead atoms. The van der Waals surface area contributed by atoms with E-state index in [1.54, 1.807) is 6.07 Å². The van der Waals surface area contributed by atoms with E-state index in [1.165, 1.54) is 16.9 Å². The predicted octanol–water partition coefficient (Wildman–Crippen LogP) is 6.93. The summed E-state index contributed by atoms with van der Waals surface area (Å²) in [6.45, 7) is 2.06. The minimum atomic E-state index is 0.520. The Kier molecular flexibility index (Phi) is 4.73. The summed E-state index contributed by atoms with van der Waals surface area (Å²) in [6, 6.07) is 13.7. The van der Waals surface area contributed by atoms with Crippen molar-refractivity contribution in [2.45, 2.75) is 6.92 Å². The molecule has 6 heteroatoms. The van der Waals surface area contributed by atoms with Gasteiger partial charge in [-0.2, -0.15) is 0 Å². The standard InChI is InChI=1S/C16H11BrCl2N2S/c1-9-2-5-11(6-3-9)20-16-21-14(15(17)22-16)10-4-7-12(18)13(19)8-10/h2-8H,1H3,(H,20,21). The highest BCUT2D eigenvalue weighted by Crippen LogP contribution is 2.38. The van der Waals surface area contributed by atoms with Gasteiger partial charge >= 0.3 is 0 Å². The van der Waals surface area contributed by atoms with Gasteiger partial charge in [0.2, 0.25) is 0 Å². The normalized spacial score (nSPS) is 10.7. The number of rotatable bonds is 3. The zero-order valence-corrected chi connectivity index (χ0v) is 15.4. The smallest absolute Gasteiger partial charge is 0.188 e. The lowest BCUT2D eigenvalue weighted by molar-refractivity contribution is 1.37. The number of hydrogen-bond acceptors (Lipinski definition) is 3. The van der Waals surface area contributed by atoms with E-state index in [1.807, 2.05) is 24.3 Å². The quantitative estimate of drug-likeness (QED) is 0.503. The molecule has 112 valence electrons. The SMILES string of the molecule is Cc1ccc(Nc2nc(-c3ccc(Cl)c(Cl)c3)c(Br)s2)cc1. The third-order valence-corrected chi connectivity index (χ3v) is 5.44. The third-order valence-electron chi connectivity index (χ3n) is 3.08. The molecule has 0 saturated heterocycles. The van der Waals surface area contributed by atoms with Gasteiger partial charge in [0, 0.05) is 11.3 Å². The monoisotopic (exact) mass is 412 g/mol. The Morgan fingerprint density at radius 3 is 2.45 bits per heavy atom. The van der Waals surface area contributed by atoms with Gasteiger partial charge in [-0.15, -0.1) is 0 Å². The molecule has 1 N–H and O–H groups in total. The molecule has 0 aliphatic carbocycles. The van der Waals surface area contributed by atoms with Crippen LogP contribution in [0.25, 0.3) is 11.3 Å². The van der Waals surface area contributed by atoms with Crippen molar-refractivity contribution in [3.63, 3.8) is 0 Å². The molecular formula is C16H11BrCl2N2S. The van der Waals surface area contributed by atoms with Crippen molar-refractivity contribution < 1.29 is 0 Å². The summed E-state index contributed by atoms with van der Waals surface area (Å²) < 4.78 is 0.945. The second-order valence-electron chi connectivity index (χ2n) is 4.76. The number of aryl methyl sites for hydroxylation is 1. The minimum absolute atomic E-state index is 0.520. The Labute approximate surface area is 151 Å². The summed E-state index contributed by atoms with van der Waals surface area (Å²) in [4.78, 5) is 4.63. The molecule has 22 heavy (non-hydrogen) atoms. The molecule has 1 heterocycles. The average Bonchev–Trinajstić information content (AvgIpc) is 2.85. The van der Waals surface area contributed by atoms with Crippen LogP contribution in [0.1, 0.15) is 5.56 Å². The Morgan fingerprint density at radius 1 is 1.05 bits per heavy atom. The van der Waals surface area contributed by atoms with E-state index in [-0.39, 0.29) is 0 Å². The van der Waals surface area contributed by atoms with E-state index in [4.69, 9.17) is 23.2 Å². The number of hydrogen-bond donors (Lipinski definition) is 1. The van der Waals surface area contributed by atoms with Crippen LogP contribution in [0.15, 0.2) is 46.3 Å². The van der Waals surface area contributed by atoms with Gasteiger partial charge in [0.15, 0.2) is 5.13 Å². The lowest BCUT2D eigenvalue weighted by Gasteiger charge is -2.02. The number of thiazole rings is 1. The first kappa shape index (κ1) is 15.8. The maximum absolute atomic E-state index is 6.08. The Hall–Kier alpha value is -1.07. The van der Waals surface area contributed by atoms with Crippen molar-refractivity contribution in [2.24, 2.45) is 0 Å². The van der Waals surface area contributed by atoms with Gasteiger partial charge in [0.1, 0.15) is 0 Å². The van der Waals surface area contributed by atoms with Gasteiger partial charge in [-0.1, -0.05) is 58.3 Å². The van der Waals surface area contributed by atoms with Crippen molar-refractivity contribution in [1.82, 2.24) is 4.98 Å². The maximum Gasteiger partial charge on any atom is 0.188 e. The molecule has 2 aromatic carbocycles. The fourth-order valence-corrected chi connectivity index (χ4v) is 3.75. The number of nitrogens with one attached hydrogen (secondary N) is 1. The molecule has 3 aromatic rings. The molecule has 0 amide bonds. The lowest BCUT2D eigenvalue weighted by Crippen LogP contribution is -1.89. The second kappa shape index (κ2) is 6.59. The molecule has 0 atom stereocenters. The largest absolute Gasteiger partial charge is 0.332 e. The summed E-state index contributed by atoms with van der Waals surface area (Å²) in [6.07, 6.45) is 0. The van der Waals surface area contributed by atoms with Gasteiger partial charge in [-0.05, 0) is 47.1 Å². The highest BCUT2D eigenvalue weighted by atomic mass is 79.9. The number of aromatic nitrogens is 1. The molecule has 0 saturated carbocycles. The van der Waals surface area contributed by atoms with E-state index in [0.717, 1.165) is 25.9 Å². The molecule has 3 rings (SSSR count). The summed E-state index contributed by atoms with van der Waals surface area (Å²) >= 11 is 17.1. The molecule has 0 aliphatic heterocycles. The van der Waals surface area contributed by atoms with Gasteiger partial charge in [0.05, 0.1) is 19.5 Å². The summed E-state index contributed by atoms with van der Waals surface area (Å²) in [5.74, 6) is 0. The zero-order chi connectivity index (χ0) is 15.7. The van der Waals surface area contributed by atoms with Crippen molar-refractivity contribution in [1.29, 1.82) is 0 Å². The fraction of sp³-hybridized carbons (Fsp3) is 0.0625. The van der Waals surface area contributed by atoms with Crippen LogP contribution in [-0.2, 0) is 0 Å². The number of halogens is 3. The van der Waals surface area contributed by atoms with E-state index in [0.29, 0.717) is 10.0 Å². The second-order valence-corrected chi connectivity index (χ2v) is 7.89. The Morgan fingerprint density at radius 2 is 1.77 bits per heavy atom. The molecule has 0 unspecified atom stereocenters. The lowest BCUT2D eigenvalue weighted by atomic mass is 10.2. The summed E-state index contributed by atoms with van der Waals surface area (Å²) in [5, 5.41) is 5.18. The van der Waals surface area contributed by atoms with Crippen LogP contribution in [0.5, 0.6) is 0 Å². The molecule has 0 spiro atoms. The highest BCUT2D eigenvalue weighted by molar-refractivity contribution is 9.11. The van der Waals surface area contributed by atoms with Crippen LogP contribution in [-0.4, -0.2) is 4.98 Å². The molecule has 0 radical (unpaired) electrons. The van der Waals surface area contributed by atoms with E-state index in [9.17, 15) is 0 Å². The van der Waals surface area contributed by atoms with Crippen molar-refractivity contribution in [3.8, 4) is 11.3 Å². The van der Waals surface area contributed by atoms with Crippen LogP contribution in [0.3, 0.4) is 0 Å². The molecular weight excluding hydrogens is 403 g/mol. The van der Waals surface area contributed by atoms with Crippen LogP contribution < -0.4 is 5.32 Å². The van der Waals surface area contributed by atoms with E-state index < -0.39 is 0 Å². The maximum atomic E-state index is 6.08. The van der Waals surface area contributed by atoms with Crippen molar-refractivity contribution in [3.05, 3.63) is 61.9 Å². The van der Waals surface area contributed by atoms with Crippen molar-refractivity contribution >= 4 is 61.3 Å². The minimum Gasteiger partial charge on any atom is -0.332 e. The molecule has 1 aromatic heterocycles. The zero-order valence-electron chi connectivity index (χ0n) is 11.5. The average molecular weight is 414 g/mol.